The highest BCUT2D eigenvalue weighted by atomic mass is 16.5. The number of methoxy groups -OCH3 is 1. The first-order chi connectivity index (χ1) is 6.38. The smallest absolute Gasteiger partial charge is 0.128 e. The zero-order valence-corrected chi connectivity index (χ0v) is 8.96. The molecule has 14 heavy (non-hydrogen) atoms. The molecule has 0 saturated carbocycles. The van der Waals surface area contributed by atoms with E-state index in [1.165, 1.54) is 0 Å². The van der Waals surface area contributed by atoms with E-state index in [4.69, 9.17) is 4.74 Å². The number of hydrogen-bond donors (Lipinski definition) is 2. The number of ether oxygens (including phenoxy) is 1. The standard InChI is InChI=1S/C11H16O3/c1-7-9(14-4)6-5-8(10(7)12)11(2,3)13/h5-6,12-13H,1-4H3. The van der Waals surface area contributed by atoms with E-state index in [1.54, 1.807) is 40.0 Å². The van der Waals surface area contributed by atoms with E-state index < -0.39 is 5.60 Å². The molecule has 0 saturated heterocycles. The molecule has 0 aliphatic heterocycles. The van der Waals surface area contributed by atoms with Crippen LogP contribution in [0.5, 0.6) is 11.5 Å². The number of phenols is 1. The summed E-state index contributed by atoms with van der Waals surface area (Å²) in [5.74, 6) is 0.715. The van der Waals surface area contributed by atoms with Crippen molar-refractivity contribution in [1.82, 2.24) is 0 Å². The molecule has 2 N–H and O–H groups in total. The molecule has 3 heteroatoms. The first kappa shape index (κ1) is 10.9. The minimum Gasteiger partial charge on any atom is -0.507 e. The molecule has 0 atom stereocenters. The van der Waals surface area contributed by atoms with Gasteiger partial charge in [0.1, 0.15) is 11.5 Å². The Balaban J connectivity index is 3.31. The fraction of sp³-hybridized carbons (Fsp3) is 0.455. The van der Waals surface area contributed by atoms with Crippen LogP contribution in [0.1, 0.15) is 25.0 Å². The van der Waals surface area contributed by atoms with Gasteiger partial charge >= 0.3 is 0 Å². The maximum Gasteiger partial charge on any atom is 0.128 e. The zero-order valence-electron chi connectivity index (χ0n) is 8.96. The van der Waals surface area contributed by atoms with Crippen LogP contribution in [-0.2, 0) is 5.60 Å². The Morgan fingerprint density at radius 3 is 2.29 bits per heavy atom. The van der Waals surface area contributed by atoms with E-state index >= 15 is 0 Å². The molecular formula is C11H16O3. The second-order valence-corrected chi connectivity index (χ2v) is 3.85. The van der Waals surface area contributed by atoms with Gasteiger partial charge < -0.3 is 14.9 Å². The normalized spacial score (nSPS) is 11.5. The molecule has 0 aliphatic carbocycles. The van der Waals surface area contributed by atoms with E-state index in [0.29, 0.717) is 16.9 Å². The van der Waals surface area contributed by atoms with Gasteiger partial charge in [-0.15, -0.1) is 0 Å². The van der Waals surface area contributed by atoms with Crippen molar-refractivity contribution >= 4 is 0 Å². The maximum atomic E-state index is 9.81. The van der Waals surface area contributed by atoms with Crippen molar-refractivity contribution < 1.29 is 14.9 Å². The van der Waals surface area contributed by atoms with E-state index in [2.05, 4.69) is 0 Å². The Hall–Kier alpha value is -1.22. The van der Waals surface area contributed by atoms with Gasteiger partial charge in [0.25, 0.3) is 0 Å². The van der Waals surface area contributed by atoms with Crippen molar-refractivity contribution in [3.05, 3.63) is 23.3 Å². The highest BCUT2D eigenvalue weighted by Crippen LogP contribution is 2.35. The fourth-order valence-corrected chi connectivity index (χ4v) is 1.40. The van der Waals surface area contributed by atoms with Crippen LogP contribution in [0.25, 0.3) is 0 Å². The Kier molecular flexibility index (Phi) is 2.71. The second kappa shape index (κ2) is 3.50. The number of rotatable bonds is 2. The Morgan fingerprint density at radius 1 is 1.29 bits per heavy atom. The van der Waals surface area contributed by atoms with Crippen molar-refractivity contribution in [2.45, 2.75) is 26.4 Å². The van der Waals surface area contributed by atoms with Crippen LogP contribution in [-0.4, -0.2) is 17.3 Å². The van der Waals surface area contributed by atoms with Crippen LogP contribution in [0.3, 0.4) is 0 Å². The summed E-state index contributed by atoms with van der Waals surface area (Å²) in [6.07, 6.45) is 0. The third kappa shape index (κ3) is 1.82. The summed E-state index contributed by atoms with van der Waals surface area (Å²) in [6, 6.07) is 3.41. The zero-order chi connectivity index (χ0) is 10.9. The van der Waals surface area contributed by atoms with Crippen molar-refractivity contribution in [3.8, 4) is 11.5 Å². The minimum atomic E-state index is -1.04. The lowest BCUT2D eigenvalue weighted by Gasteiger charge is -2.21. The van der Waals surface area contributed by atoms with Crippen molar-refractivity contribution in [2.75, 3.05) is 7.11 Å². The molecular weight excluding hydrogens is 180 g/mol. The second-order valence-electron chi connectivity index (χ2n) is 3.85. The Morgan fingerprint density at radius 2 is 1.86 bits per heavy atom. The molecule has 1 aromatic rings. The molecule has 0 fully saturated rings. The summed E-state index contributed by atoms with van der Waals surface area (Å²) >= 11 is 0. The van der Waals surface area contributed by atoms with Gasteiger partial charge in [0, 0.05) is 11.1 Å². The molecule has 78 valence electrons. The average molecular weight is 196 g/mol. The van der Waals surface area contributed by atoms with Gasteiger partial charge in [-0.1, -0.05) is 0 Å². The van der Waals surface area contributed by atoms with Gasteiger partial charge in [-0.25, -0.2) is 0 Å². The lowest BCUT2D eigenvalue weighted by atomic mass is 9.95. The molecule has 0 bridgehead atoms. The summed E-state index contributed by atoms with van der Waals surface area (Å²) in [7, 11) is 1.55. The molecule has 0 amide bonds. The van der Waals surface area contributed by atoms with E-state index in [1.807, 2.05) is 0 Å². The van der Waals surface area contributed by atoms with Crippen LogP contribution >= 0.6 is 0 Å². The first-order valence-corrected chi connectivity index (χ1v) is 4.47. The van der Waals surface area contributed by atoms with E-state index in [-0.39, 0.29) is 5.75 Å². The molecule has 0 heterocycles. The molecule has 0 radical (unpaired) electrons. The van der Waals surface area contributed by atoms with Crippen molar-refractivity contribution in [1.29, 1.82) is 0 Å². The Bertz CT molecular complexity index is 337. The number of aromatic hydroxyl groups is 1. The van der Waals surface area contributed by atoms with Gasteiger partial charge in [-0.05, 0) is 32.9 Å². The summed E-state index contributed by atoms with van der Waals surface area (Å²) in [6.45, 7) is 5.02. The maximum absolute atomic E-state index is 9.81. The average Bonchev–Trinajstić information content (AvgIpc) is 2.07. The number of benzene rings is 1. The van der Waals surface area contributed by atoms with Crippen molar-refractivity contribution in [2.24, 2.45) is 0 Å². The van der Waals surface area contributed by atoms with Crippen LogP contribution in [0, 0.1) is 6.92 Å². The number of phenolic OH excluding ortho intramolecular Hbond substituents is 1. The molecule has 1 aromatic carbocycles. The fourth-order valence-electron chi connectivity index (χ4n) is 1.40. The molecule has 0 unspecified atom stereocenters. The van der Waals surface area contributed by atoms with Gasteiger partial charge in [0.15, 0.2) is 0 Å². The Labute approximate surface area is 84.0 Å². The topological polar surface area (TPSA) is 49.7 Å². The predicted octanol–water partition coefficient (Wildman–Crippen LogP) is 1.94. The van der Waals surface area contributed by atoms with Crippen molar-refractivity contribution in [3.63, 3.8) is 0 Å². The minimum absolute atomic E-state index is 0.0943. The SMILES string of the molecule is COc1ccc(C(C)(C)O)c(O)c1C. The quantitative estimate of drug-likeness (QED) is 0.760. The van der Waals surface area contributed by atoms with Crippen LogP contribution in [0.2, 0.25) is 0 Å². The predicted molar refractivity (Wildman–Crippen MR) is 54.6 cm³/mol. The molecule has 1 rings (SSSR count). The summed E-state index contributed by atoms with van der Waals surface area (Å²) in [5, 5.41) is 19.6. The third-order valence-corrected chi connectivity index (χ3v) is 2.26. The highest BCUT2D eigenvalue weighted by Gasteiger charge is 2.22. The summed E-state index contributed by atoms with van der Waals surface area (Å²) < 4.78 is 5.05. The monoisotopic (exact) mass is 196 g/mol. The van der Waals surface area contributed by atoms with Gasteiger partial charge in [-0.2, -0.15) is 0 Å². The summed E-state index contributed by atoms with van der Waals surface area (Å²) in [5.41, 5.74) is 0.115. The largest absolute Gasteiger partial charge is 0.507 e. The third-order valence-electron chi connectivity index (χ3n) is 2.26. The number of aliphatic hydroxyl groups is 1. The highest BCUT2D eigenvalue weighted by molar-refractivity contribution is 5.50. The van der Waals surface area contributed by atoms with E-state index in [9.17, 15) is 10.2 Å². The number of hydrogen-bond acceptors (Lipinski definition) is 3. The van der Waals surface area contributed by atoms with E-state index in [0.717, 1.165) is 0 Å². The molecule has 0 aliphatic rings. The van der Waals surface area contributed by atoms with Crippen LogP contribution < -0.4 is 4.74 Å². The van der Waals surface area contributed by atoms with Gasteiger partial charge in [0.2, 0.25) is 0 Å². The summed E-state index contributed by atoms with van der Waals surface area (Å²) in [4.78, 5) is 0. The van der Waals surface area contributed by atoms with Crippen LogP contribution in [0.15, 0.2) is 12.1 Å². The molecule has 0 aromatic heterocycles. The van der Waals surface area contributed by atoms with Gasteiger partial charge in [0.05, 0.1) is 12.7 Å². The van der Waals surface area contributed by atoms with Gasteiger partial charge in [-0.3, -0.25) is 0 Å². The molecule has 3 nitrogen and oxygen atoms in total. The lowest BCUT2D eigenvalue weighted by molar-refractivity contribution is 0.0756. The first-order valence-electron chi connectivity index (χ1n) is 4.47. The van der Waals surface area contributed by atoms with Crippen LogP contribution in [0.4, 0.5) is 0 Å². The lowest BCUT2D eigenvalue weighted by Crippen LogP contribution is -2.16. The molecule has 0 spiro atoms.